The molecule has 0 bridgehead atoms. The first-order valence-corrected chi connectivity index (χ1v) is 11.8. The number of nitrogens with one attached hydrogen (secondary N) is 1. The average molecular weight is 465 g/mol. The molecule has 3 aromatic carbocycles. The molecule has 6 heteroatoms. The molecule has 0 spiro atoms. The van der Waals surface area contributed by atoms with E-state index in [2.05, 4.69) is 17.5 Å². The summed E-state index contributed by atoms with van der Waals surface area (Å²) in [6.45, 7) is 2.19. The van der Waals surface area contributed by atoms with Crippen LogP contribution in [-0.2, 0) is 4.79 Å². The Morgan fingerprint density at radius 1 is 0.939 bits per heavy atom. The number of benzene rings is 3. The molecular weight excluding hydrogens is 436 g/mol. The largest absolute Gasteiger partial charge is 0.422 e. The zero-order valence-electron chi connectivity index (χ0n) is 18.9. The Morgan fingerprint density at radius 2 is 1.67 bits per heavy atom. The summed E-state index contributed by atoms with van der Waals surface area (Å²) in [5, 5.41) is 6.28. The second-order valence-corrected chi connectivity index (χ2v) is 8.29. The van der Waals surface area contributed by atoms with Crippen molar-refractivity contribution in [3.63, 3.8) is 0 Å². The highest BCUT2D eigenvalue weighted by atomic mass is 35.5. The molecule has 0 aliphatic carbocycles. The quantitative estimate of drug-likeness (QED) is 0.110. The molecule has 5 nitrogen and oxygen atoms in total. The summed E-state index contributed by atoms with van der Waals surface area (Å²) in [6.07, 6.45) is 8.67. The molecule has 172 valence electrons. The molecule has 3 aromatic rings. The van der Waals surface area contributed by atoms with E-state index < -0.39 is 5.97 Å². The molecule has 0 unspecified atom stereocenters. The molecule has 0 aliphatic heterocycles. The van der Waals surface area contributed by atoms with E-state index in [1.807, 2.05) is 30.3 Å². The summed E-state index contributed by atoms with van der Waals surface area (Å²) < 4.78 is 5.66. The van der Waals surface area contributed by atoms with Crippen LogP contribution in [0.3, 0.4) is 0 Å². The van der Waals surface area contributed by atoms with Gasteiger partial charge in [0.1, 0.15) is 5.75 Å². The number of halogens is 1. The summed E-state index contributed by atoms with van der Waals surface area (Å²) in [6, 6.07) is 18.0. The molecule has 0 saturated heterocycles. The van der Waals surface area contributed by atoms with Crippen molar-refractivity contribution in [1.29, 1.82) is 0 Å². The third-order valence-corrected chi connectivity index (χ3v) is 5.70. The van der Waals surface area contributed by atoms with E-state index in [4.69, 9.17) is 16.3 Å². The van der Waals surface area contributed by atoms with Gasteiger partial charge in [0.2, 0.25) is 5.91 Å². The Kier molecular flexibility index (Phi) is 9.45. The molecule has 0 aliphatic rings. The number of unbranched alkanes of at least 4 members (excludes halogenated alkanes) is 5. The van der Waals surface area contributed by atoms with Crippen molar-refractivity contribution in [1.82, 2.24) is 5.43 Å². The van der Waals surface area contributed by atoms with Crippen molar-refractivity contribution < 1.29 is 14.3 Å². The second-order valence-electron chi connectivity index (χ2n) is 7.88. The van der Waals surface area contributed by atoms with E-state index in [0.29, 0.717) is 22.8 Å². The number of carbonyl (C=O) groups is 2. The predicted octanol–water partition coefficient (Wildman–Crippen LogP) is 6.91. The summed E-state index contributed by atoms with van der Waals surface area (Å²) in [7, 11) is 0. The van der Waals surface area contributed by atoms with Crippen molar-refractivity contribution in [3.8, 4) is 5.75 Å². The van der Waals surface area contributed by atoms with Crippen LogP contribution in [0.1, 0.15) is 67.8 Å². The number of rotatable bonds is 11. The lowest BCUT2D eigenvalue weighted by Gasteiger charge is -2.11. The maximum atomic E-state index is 12.7. The van der Waals surface area contributed by atoms with Crippen LogP contribution >= 0.6 is 11.6 Å². The number of carbonyl (C=O) groups excluding carboxylic acids is 2. The van der Waals surface area contributed by atoms with Crippen molar-refractivity contribution in [3.05, 3.63) is 76.8 Å². The average Bonchev–Trinajstić information content (AvgIpc) is 2.82. The van der Waals surface area contributed by atoms with Gasteiger partial charge in [-0.15, -0.1) is 0 Å². The molecule has 0 heterocycles. The number of ether oxygens (including phenoxy) is 1. The first kappa shape index (κ1) is 24.5. The number of hydrogen-bond acceptors (Lipinski definition) is 4. The number of nitrogens with zero attached hydrogens (tertiary/aromatic N) is 1. The van der Waals surface area contributed by atoms with Crippen LogP contribution in [0.15, 0.2) is 65.8 Å². The maximum absolute atomic E-state index is 12.7. The zero-order chi connectivity index (χ0) is 23.5. The number of amides is 1. The predicted molar refractivity (Wildman–Crippen MR) is 134 cm³/mol. The third kappa shape index (κ3) is 7.16. The van der Waals surface area contributed by atoms with Gasteiger partial charge in [-0.3, -0.25) is 4.79 Å². The molecular formula is C27H29ClN2O3. The minimum absolute atomic E-state index is 0.128. The van der Waals surface area contributed by atoms with E-state index >= 15 is 0 Å². The highest BCUT2D eigenvalue weighted by Crippen LogP contribution is 2.28. The Bertz CT molecular complexity index is 1130. The Hall–Kier alpha value is -3.18. The normalized spacial score (nSPS) is 11.1. The van der Waals surface area contributed by atoms with Gasteiger partial charge in [0, 0.05) is 12.0 Å². The molecule has 33 heavy (non-hydrogen) atoms. The molecule has 1 amide bonds. The molecule has 0 radical (unpaired) electrons. The summed E-state index contributed by atoms with van der Waals surface area (Å²) >= 11 is 6.14. The van der Waals surface area contributed by atoms with E-state index in [1.54, 1.807) is 30.3 Å². The number of hydrazone groups is 1. The second kappa shape index (κ2) is 12.8. The van der Waals surface area contributed by atoms with Gasteiger partial charge in [-0.25, -0.2) is 10.2 Å². The molecule has 0 atom stereocenters. The standard InChI is InChI=1S/C27H29ClN2O3/c1-2-3-4-5-6-7-16-26(31)30-29-19-23-21-13-9-8-12-20(21)17-18-25(23)33-27(32)22-14-10-11-15-24(22)28/h8-15,17-19H,2-7,16H2,1H3,(H,30,31)/b29-19+. The number of hydrogen-bond donors (Lipinski definition) is 1. The van der Waals surface area contributed by atoms with Crippen molar-refractivity contribution in [2.24, 2.45) is 5.10 Å². The van der Waals surface area contributed by atoms with Crippen LogP contribution in [0.5, 0.6) is 5.75 Å². The van der Waals surface area contributed by atoms with Gasteiger partial charge in [0.15, 0.2) is 0 Å². The van der Waals surface area contributed by atoms with Crippen LogP contribution < -0.4 is 10.2 Å². The van der Waals surface area contributed by atoms with E-state index in [1.165, 1.54) is 25.5 Å². The summed E-state index contributed by atoms with van der Waals surface area (Å²) in [5.41, 5.74) is 3.47. The highest BCUT2D eigenvalue weighted by molar-refractivity contribution is 6.33. The van der Waals surface area contributed by atoms with Crippen molar-refractivity contribution in [2.75, 3.05) is 0 Å². The SMILES string of the molecule is CCCCCCCCC(=O)N/N=C/c1c(OC(=O)c2ccccc2Cl)ccc2ccccc12. The summed E-state index contributed by atoms with van der Waals surface area (Å²) in [4.78, 5) is 24.8. The Balaban J connectivity index is 1.71. The fraction of sp³-hybridized carbons (Fsp3) is 0.296. The van der Waals surface area contributed by atoms with Crippen LogP contribution in [0, 0.1) is 0 Å². The van der Waals surface area contributed by atoms with Crippen molar-refractivity contribution >= 4 is 40.5 Å². The topological polar surface area (TPSA) is 67.8 Å². The van der Waals surface area contributed by atoms with Gasteiger partial charge in [0.05, 0.1) is 16.8 Å². The first-order valence-electron chi connectivity index (χ1n) is 11.4. The van der Waals surface area contributed by atoms with Crippen LogP contribution in [0.25, 0.3) is 10.8 Å². The fourth-order valence-corrected chi connectivity index (χ4v) is 3.78. The highest BCUT2D eigenvalue weighted by Gasteiger charge is 2.15. The minimum atomic E-state index is -0.558. The maximum Gasteiger partial charge on any atom is 0.345 e. The lowest BCUT2D eigenvalue weighted by atomic mass is 10.0. The molecule has 0 fully saturated rings. The van der Waals surface area contributed by atoms with Gasteiger partial charge >= 0.3 is 5.97 Å². The van der Waals surface area contributed by atoms with E-state index in [9.17, 15) is 9.59 Å². The van der Waals surface area contributed by atoms with Gasteiger partial charge in [0.25, 0.3) is 0 Å². The number of fused-ring (bicyclic) bond motifs is 1. The fourth-order valence-electron chi connectivity index (χ4n) is 3.57. The lowest BCUT2D eigenvalue weighted by Crippen LogP contribution is -2.17. The third-order valence-electron chi connectivity index (χ3n) is 5.37. The molecule has 0 saturated carbocycles. The Morgan fingerprint density at radius 3 is 2.48 bits per heavy atom. The van der Waals surface area contributed by atoms with Gasteiger partial charge in [-0.05, 0) is 35.4 Å². The van der Waals surface area contributed by atoms with Gasteiger partial charge in [-0.2, -0.15) is 5.10 Å². The molecule has 1 N–H and O–H groups in total. The summed E-state index contributed by atoms with van der Waals surface area (Å²) in [5.74, 6) is -0.346. The molecule has 3 rings (SSSR count). The van der Waals surface area contributed by atoms with E-state index in [-0.39, 0.29) is 11.5 Å². The smallest absolute Gasteiger partial charge is 0.345 e. The Labute approximate surface area is 199 Å². The van der Waals surface area contributed by atoms with Crippen LogP contribution in [0.2, 0.25) is 5.02 Å². The minimum Gasteiger partial charge on any atom is -0.422 e. The van der Waals surface area contributed by atoms with Gasteiger partial charge < -0.3 is 4.74 Å². The first-order chi connectivity index (χ1) is 16.1. The lowest BCUT2D eigenvalue weighted by molar-refractivity contribution is -0.121. The molecule has 0 aromatic heterocycles. The van der Waals surface area contributed by atoms with Crippen molar-refractivity contribution in [2.45, 2.75) is 51.9 Å². The zero-order valence-corrected chi connectivity index (χ0v) is 19.6. The van der Waals surface area contributed by atoms with E-state index in [0.717, 1.165) is 30.0 Å². The number of esters is 1. The van der Waals surface area contributed by atoms with Crippen LogP contribution in [0.4, 0.5) is 0 Å². The monoisotopic (exact) mass is 464 g/mol. The van der Waals surface area contributed by atoms with Crippen LogP contribution in [-0.4, -0.2) is 18.1 Å². The van der Waals surface area contributed by atoms with Gasteiger partial charge in [-0.1, -0.05) is 93.1 Å².